The highest BCUT2D eigenvalue weighted by Gasteiger charge is 2.23. The maximum absolute atomic E-state index is 12.3. The van der Waals surface area contributed by atoms with Gasteiger partial charge in [-0.2, -0.15) is 0 Å². The van der Waals surface area contributed by atoms with Gasteiger partial charge in [-0.15, -0.1) is 0 Å². The van der Waals surface area contributed by atoms with Crippen molar-refractivity contribution >= 4 is 22.5 Å². The van der Waals surface area contributed by atoms with Gasteiger partial charge in [-0.3, -0.25) is 9.36 Å². The summed E-state index contributed by atoms with van der Waals surface area (Å²) in [5.41, 5.74) is 1.63. The minimum Gasteiger partial charge on any atom is -0.313 e. The van der Waals surface area contributed by atoms with E-state index in [4.69, 9.17) is 11.6 Å². The standard InChI is InChI=1S/C12H12ClN3O/c1-7-3-2-4-9-10(7)15-12(13)16(11(9)17)8-5-14-6-8/h2-4,8,14H,5-6H2,1H3. The molecule has 2 heterocycles. The van der Waals surface area contributed by atoms with E-state index in [1.54, 1.807) is 10.6 Å². The molecule has 17 heavy (non-hydrogen) atoms. The molecule has 1 saturated heterocycles. The minimum atomic E-state index is -0.0461. The lowest BCUT2D eigenvalue weighted by atomic mass is 10.1. The van der Waals surface area contributed by atoms with Crippen molar-refractivity contribution in [1.29, 1.82) is 0 Å². The molecular formula is C12H12ClN3O. The third-order valence-corrected chi connectivity index (χ3v) is 3.48. The average Bonchev–Trinajstić information content (AvgIpc) is 2.23. The second kappa shape index (κ2) is 3.82. The highest BCUT2D eigenvalue weighted by molar-refractivity contribution is 6.28. The molecule has 1 N–H and O–H groups in total. The number of benzene rings is 1. The highest BCUT2D eigenvalue weighted by atomic mass is 35.5. The number of rotatable bonds is 1. The summed E-state index contributed by atoms with van der Waals surface area (Å²) in [6.07, 6.45) is 0. The van der Waals surface area contributed by atoms with Gasteiger partial charge in [-0.1, -0.05) is 12.1 Å². The van der Waals surface area contributed by atoms with Crippen molar-refractivity contribution in [3.63, 3.8) is 0 Å². The zero-order valence-electron chi connectivity index (χ0n) is 9.40. The van der Waals surface area contributed by atoms with Crippen LogP contribution in [0.3, 0.4) is 0 Å². The maximum atomic E-state index is 12.3. The first-order valence-corrected chi connectivity index (χ1v) is 5.94. The Bertz CT molecular complexity index is 646. The summed E-state index contributed by atoms with van der Waals surface area (Å²) in [4.78, 5) is 16.7. The zero-order valence-corrected chi connectivity index (χ0v) is 10.2. The number of para-hydroxylation sites is 1. The SMILES string of the molecule is Cc1cccc2c(=O)n(C3CNC3)c(Cl)nc12. The summed E-state index contributed by atoms with van der Waals surface area (Å²) in [6.45, 7) is 3.48. The third kappa shape index (κ3) is 1.56. The van der Waals surface area contributed by atoms with Crippen LogP contribution in [0.5, 0.6) is 0 Å². The molecule has 5 heteroatoms. The van der Waals surface area contributed by atoms with Crippen LogP contribution in [0, 0.1) is 6.92 Å². The van der Waals surface area contributed by atoms with Crippen molar-refractivity contribution in [1.82, 2.24) is 14.9 Å². The van der Waals surface area contributed by atoms with Crippen molar-refractivity contribution in [3.05, 3.63) is 39.4 Å². The van der Waals surface area contributed by atoms with Crippen LogP contribution in [0.1, 0.15) is 11.6 Å². The highest BCUT2D eigenvalue weighted by Crippen LogP contribution is 2.19. The van der Waals surface area contributed by atoms with Gasteiger partial charge in [0.1, 0.15) is 0 Å². The quantitative estimate of drug-likeness (QED) is 0.780. The molecule has 0 unspecified atom stereocenters. The Morgan fingerprint density at radius 3 is 2.88 bits per heavy atom. The molecule has 1 aromatic carbocycles. The number of fused-ring (bicyclic) bond motifs is 1. The molecule has 0 bridgehead atoms. The molecule has 88 valence electrons. The van der Waals surface area contributed by atoms with Crippen molar-refractivity contribution in [2.75, 3.05) is 13.1 Å². The predicted molar refractivity (Wildman–Crippen MR) is 67.7 cm³/mol. The molecular weight excluding hydrogens is 238 g/mol. The first kappa shape index (κ1) is 10.7. The summed E-state index contributed by atoms with van der Waals surface area (Å²) in [5, 5.41) is 4.05. The molecule has 4 nitrogen and oxygen atoms in total. The number of aryl methyl sites for hydroxylation is 1. The Labute approximate surface area is 103 Å². The molecule has 1 aromatic heterocycles. The number of nitrogens with zero attached hydrogens (tertiary/aromatic N) is 2. The number of hydrogen-bond donors (Lipinski definition) is 1. The number of nitrogens with one attached hydrogen (secondary N) is 1. The minimum absolute atomic E-state index is 0.0461. The third-order valence-electron chi connectivity index (χ3n) is 3.21. The van der Waals surface area contributed by atoms with Crippen molar-refractivity contribution in [2.24, 2.45) is 0 Å². The van der Waals surface area contributed by atoms with E-state index in [-0.39, 0.29) is 16.9 Å². The second-order valence-corrected chi connectivity index (χ2v) is 4.68. The summed E-state index contributed by atoms with van der Waals surface area (Å²) >= 11 is 6.11. The van der Waals surface area contributed by atoms with Crippen molar-refractivity contribution < 1.29 is 0 Å². The smallest absolute Gasteiger partial charge is 0.262 e. The molecule has 0 atom stereocenters. The summed E-state index contributed by atoms with van der Waals surface area (Å²) in [7, 11) is 0. The van der Waals surface area contributed by atoms with Crippen molar-refractivity contribution in [3.8, 4) is 0 Å². The van der Waals surface area contributed by atoms with E-state index in [9.17, 15) is 4.79 Å². The maximum Gasteiger partial charge on any atom is 0.262 e. The van der Waals surface area contributed by atoms with Crippen LogP contribution < -0.4 is 10.9 Å². The topological polar surface area (TPSA) is 46.9 Å². The van der Waals surface area contributed by atoms with E-state index >= 15 is 0 Å². The van der Waals surface area contributed by atoms with Gasteiger partial charge in [0.05, 0.1) is 16.9 Å². The van der Waals surface area contributed by atoms with Crippen LogP contribution in [0.15, 0.2) is 23.0 Å². The lowest BCUT2D eigenvalue weighted by Crippen LogP contribution is -2.47. The van der Waals surface area contributed by atoms with Crippen LogP contribution in [0.25, 0.3) is 10.9 Å². The molecule has 0 amide bonds. The van der Waals surface area contributed by atoms with Gasteiger partial charge in [0.2, 0.25) is 5.28 Å². The van der Waals surface area contributed by atoms with E-state index in [1.807, 2.05) is 19.1 Å². The first-order chi connectivity index (χ1) is 8.18. The first-order valence-electron chi connectivity index (χ1n) is 5.56. The van der Waals surface area contributed by atoms with E-state index in [1.165, 1.54) is 0 Å². The molecule has 3 rings (SSSR count). The largest absolute Gasteiger partial charge is 0.313 e. The van der Waals surface area contributed by atoms with Crippen LogP contribution >= 0.6 is 11.6 Å². The Hall–Kier alpha value is -1.39. The fourth-order valence-corrected chi connectivity index (χ4v) is 2.41. The molecule has 1 aliphatic rings. The summed E-state index contributed by atoms with van der Waals surface area (Å²) < 4.78 is 1.58. The van der Waals surface area contributed by atoms with Crippen LogP contribution in [-0.2, 0) is 0 Å². The van der Waals surface area contributed by atoms with E-state index < -0.39 is 0 Å². The summed E-state index contributed by atoms with van der Waals surface area (Å²) in [6, 6.07) is 5.74. The molecule has 1 fully saturated rings. The molecule has 0 saturated carbocycles. The Morgan fingerprint density at radius 1 is 1.47 bits per heavy atom. The number of halogens is 1. The van der Waals surface area contributed by atoms with Gasteiger partial charge in [0, 0.05) is 13.1 Å². The van der Waals surface area contributed by atoms with E-state index in [0.29, 0.717) is 10.9 Å². The Kier molecular flexibility index (Phi) is 2.42. The van der Waals surface area contributed by atoms with Crippen LogP contribution in [-0.4, -0.2) is 22.6 Å². The van der Waals surface area contributed by atoms with Gasteiger partial charge in [-0.25, -0.2) is 4.98 Å². The van der Waals surface area contributed by atoms with Crippen molar-refractivity contribution in [2.45, 2.75) is 13.0 Å². The lowest BCUT2D eigenvalue weighted by Gasteiger charge is -2.29. The fraction of sp³-hybridized carbons (Fsp3) is 0.333. The summed E-state index contributed by atoms with van der Waals surface area (Å²) in [5.74, 6) is 0. The van der Waals surface area contributed by atoms with Gasteiger partial charge in [0.15, 0.2) is 0 Å². The second-order valence-electron chi connectivity index (χ2n) is 4.34. The molecule has 0 spiro atoms. The van der Waals surface area contributed by atoms with E-state index in [2.05, 4.69) is 10.3 Å². The van der Waals surface area contributed by atoms with Gasteiger partial charge >= 0.3 is 0 Å². The fourth-order valence-electron chi connectivity index (χ4n) is 2.11. The normalized spacial score (nSPS) is 16.1. The van der Waals surface area contributed by atoms with Gasteiger partial charge < -0.3 is 5.32 Å². The van der Waals surface area contributed by atoms with Gasteiger partial charge in [-0.05, 0) is 30.2 Å². The molecule has 2 aromatic rings. The molecule has 0 aliphatic carbocycles. The molecule has 1 aliphatic heterocycles. The zero-order chi connectivity index (χ0) is 12.0. The number of aromatic nitrogens is 2. The Balaban J connectivity index is 2.35. The van der Waals surface area contributed by atoms with E-state index in [0.717, 1.165) is 18.7 Å². The average molecular weight is 250 g/mol. The number of hydrogen-bond acceptors (Lipinski definition) is 3. The van der Waals surface area contributed by atoms with Crippen LogP contribution in [0.2, 0.25) is 5.28 Å². The monoisotopic (exact) mass is 249 g/mol. The van der Waals surface area contributed by atoms with Crippen LogP contribution in [0.4, 0.5) is 0 Å². The van der Waals surface area contributed by atoms with Gasteiger partial charge in [0.25, 0.3) is 5.56 Å². The predicted octanol–water partition coefficient (Wildman–Crippen LogP) is 1.50. The lowest BCUT2D eigenvalue weighted by molar-refractivity contribution is 0.335. The molecule has 0 radical (unpaired) electrons. The Morgan fingerprint density at radius 2 is 2.24 bits per heavy atom.